The summed E-state index contributed by atoms with van der Waals surface area (Å²) in [5.74, 6) is -0.806. The molecule has 1 aromatic carbocycles. The first-order valence-corrected chi connectivity index (χ1v) is 6.70. The van der Waals surface area contributed by atoms with E-state index in [9.17, 15) is 18.0 Å². The molecule has 0 bridgehead atoms. The summed E-state index contributed by atoms with van der Waals surface area (Å²) in [4.78, 5) is 21.6. The highest BCUT2D eigenvalue weighted by Gasteiger charge is 2.14. The Kier molecular flexibility index (Phi) is 4.57. The van der Waals surface area contributed by atoms with E-state index >= 15 is 0 Å². The second-order valence-electron chi connectivity index (χ2n) is 3.70. The number of ketones is 1. The molecule has 0 aliphatic rings. The third-order valence-electron chi connectivity index (χ3n) is 2.21. The lowest BCUT2D eigenvalue weighted by Crippen LogP contribution is -2.28. The van der Waals surface area contributed by atoms with Gasteiger partial charge in [-0.25, -0.2) is 13.1 Å². The number of benzene rings is 1. The van der Waals surface area contributed by atoms with Gasteiger partial charge in [0.1, 0.15) is 0 Å². The number of primary amides is 1. The minimum Gasteiger partial charge on any atom is -0.370 e. The van der Waals surface area contributed by atoms with Crippen molar-refractivity contribution in [3.8, 4) is 0 Å². The number of Topliss-reactive ketones (excluding diaryl/α,β-unsaturated/α-hetero) is 1. The van der Waals surface area contributed by atoms with Gasteiger partial charge in [0, 0.05) is 18.5 Å². The van der Waals surface area contributed by atoms with Crippen molar-refractivity contribution < 1.29 is 18.0 Å². The molecule has 1 rings (SSSR count). The SMILES string of the molecule is CC(=O)c1cccc(S(=O)(=O)NCCC(N)=O)c1. The summed E-state index contributed by atoms with van der Waals surface area (Å²) in [5.41, 5.74) is 5.22. The van der Waals surface area contributed by atoms with Crippen molar-refractivity contribution >= 4 is 21.7 Å². The predicted octanol–water partition coefficient (Wildman–Crippen LogP) is 0.0429. The first-order valence-electron chi connectivity index (χ1n) is 5.22. The second-order valence-corrected chi connectivity index (χ2v) is 5.47. The summed E-state index contributed by atoms with van der Waals surface area (Å²) in [6.45, 7) is 1.29. The Balaban J connectivity index is 2.88. The molecular formula is C11H14N2O4S. The number of sulfonamides is 1. The Morgan fingerprint density at radius 2 is 2.00 bits per heavy atom. The van der Waals surface area contributed by atoms with E-state index in [0.29, 0.717) is 5.56 Å². The number of carbonyl (C=O) groups excluding carboxylic acids is 2. The molecule has 0 saturated carbocycles. The van der Waals surface area contributed by atoms with E-state index < -0.39 is 15.9 Å². The molecule has 0 saturated heterocycles. The monoisotopic (exact) mass is 270 g/mol. The molecule has 7 heteroatoms. The summed E-state index contributed by atoms with van der Waals surface area (Å²) in [6, 6.07) is 5.68. The molecule has 0 aromatic heterocycles. The van der Waals surface area contributed by atoms with Crippen LogP contribution in [-0.2, 0) is 14.8 Å². The Labute approximate surface area is 105 Å². The zero-order chi connectivity index (χ0) is 13.8. The number of hydrogen-bond acceptors (Lipinski definition) is 4. The van der Waals surface area contributed by atoms with Crippen molar-refractivity contribution in [2.24, 2.45) is 5.73 Å². The first-order chi connectivity index (χ1) is 8.33. The molecule has 0 aliphatic carbocycles. The number of amides is 1. The van der Waals surface area contributed by atoms with Crippen LogP contribution in [0.25, 0.3) is 0 Å². The first kappa shape index (κ1) is 14.3. The van der Waals surface area contributed by atoms with Crippen LogP contribution < -0.4 is 10.5 Å². The average molecular weight is 270 g/mol. The molecule has 1 aromatic rings. The highest BCUT2D eigenvalue weighted by Crippen LogP contribution is 2.11. The molecule has 0 radical (unpaired) electrons. The van der Waals surface area contributed by atoms with E-state index in [1.54, 1.807) is 0 Å². The summed E-state index contributed by atoms with van der Waals surface area (Å²) in [7, 11) is -3.72. The number of rotatable bonds is 6. The van der Waals surface area contributed by atoms with Crippen LogP contribution >= 0.6 is 0 Å². The van der Waals surface area contributed by atoms with E-state index in [0.717, 1.165) is 0 Å². The van der Waals surface area contributed by atoms with Crippen LogP contribution in [0.15, 0.2) is 29.2 Å². The maximum Gasteiger partial charge on any atom is 0.240 e. The number of nitrogens with one attached hydrogen (secondary N) is 1. The summed E-state index contributed by atoms with van der Waals surface area (Å²) in [5, 5.41) is 0. The fraction of sp³-hybridized carbons (Fsp3) is 0.273. The van der Waals surface area contributed by atoms with Gasteiger partial charge in [0.15, 0.2) is 5.78 Å². The van der Waals surface area contributed by atoms with Crippen molar-refractivity contribution in [3.63, 3.8) is 0 Å². The van der Waals surface area contributed by atoms with Crippen molar-refractivity contribution in [1.29, 1.82) is 0 Å². The lowest BCUT2D eigenvalue weighted by atomic mass is 10.2. The van der Waals surface area contributed by atoms with Gasteiger partial charge in [0.05, 0.1) is 4.90 Å². The highest BCUT2D eigenvalue weighted by atomic mass is 32.2. The fourth-order valence-corrected chi connectivity index (χ4v) is 2.35. The molecule has 0 fully saturated rings. The molecule has 6 nitrogen and oxygen atoms in total. The molecule has 0 unspecified atom stereocenters. The zero-order valence-corrected chi connectivity index (χ0v) is 10.7. The summed E-state index contributed by atoms with van der Waals surface area (Å²) >= 11 is 0. The van der Waals surface area contributed by atoms with Gasteiger partial charge in [0.25, 0.3) is 0 Å². The normalized spacial score (nSPS) is 11.2. The molecule has 1 amide bonds. The molecule has 18 heavy (non-hydrogen) atoms. The van der Waals surface area contributed by atoms with Crippen LogP contribution in [0.3, 0.4) is 0 Å². The van der Waals surface area contributed by atoms with E-state index in [1.807, 2.05) is 0 Å². The Hall–Kier alpha value is -1.73. The van der Waals surface area contributed by atoms with Crippen LogP contribution in [0.5, 0.6) is 0 Å². The third kappa shape index (κ3) is 3.94. The standard InChI is InChI=1S/C11H14N2O4S/c1-8(14)9-3-2-4-10(7-9)18(16,17)13-6-5-11(12)15/h2-4,7,13H,5-6H2,1H3,(H2,12,15). The molecular weight excluding hydrogens is 256 g/mol. The van der Waals surface area contributed by atoms with Crippen LogP contribution in [0, 0.1) is 0 Å². The summed E-state index contributed by atoms with van der Waals surface area (Å²) < 4.78 is 25.9. The largest absolute Gasteiger partial charge is 0.370 e. The predicted molar refractivity (Wildman–Crippen MR) is 65.4 cm³/mol. The van der Waals surface area contributed by atoms with Gasteiger partial charge in [-0.05, 0) is 19.1 Å². The molecule has 3 N–H and O–H groups in total. The van der Waals surface area contributed by atoms with E-state index in [2.05, 4.69) is 4.72 Å². The molecule has 0 atom stereocenters. The average Bonchev–Trinajstić information content (AvgIpc) is 2.28. The van der Waals surface area contributed by atoms with Crippen molar-refractivity contribution in [2.45, 2.75) is 18.2 Å². The fourth-order valence-electron chi connectivity index (χ4n) is 1.27. The molecule has 0 aliphatic heterocycles. The van der Waals surface area contributed by atoms with Gasteiger partial charge in [-0.1, -0.05) is 12.1 Å². The smallest absolute Gasteiger partial charge is 0.240 e. The Morgan fingerprint density at radius 3 is 2.56 bits per heavy atom. The van der Waals surface area contributed by atoms with Crippen molar-refractivity contribution in [3.05, 3.63) is 29.8 Å². The van der Waals surface area contributed by atoms with E-state index in [-0.39, 0.29) is 23.6 Å². The van der Waals surface area contributed by atoms with Gasteiger partial charge in [-0.2, -0.15) is 0 Å². The lowest BCUT2D eigenvalue weighted by molar-refractivity contribution is -0.117. The van der Waals surface area contributed by atoms with Crippen LogP contribution in [0.2, 0.25) is 0 Å². The summed E-state index contributed by atoms with van der Waals surface area (Å²) in [6.07, 6.45) is -0.0777. The van der Waals surface area contributed by atoms with Gasteiger partial charge in [0.2, 0.25) is 15.9 Å². The maximum absolute atomic E-state index is 11.8. The van der Waals surface area contributed by atoms with Crippen LogP contribution in [0.1, 0.15) is 23.7 Å². The van der Waals surface area contributed by atoms with Gasteiger partial charge in [-0.15, -0.1) is 0 Å². The quantitative estimate of drug-likeness (QED) is 0.712. The Morgan fingerprint density at radius 1 is 1.33 bits per heavy atom. The molecule has 0 spiro atoms. The van der Waals surface area contributed by atoms with Crippen molar-refractivity contribution in [2.75, 3.05) is 6.54 Å². The second kappa shape index (κ2) is 5.74. The minimum atomic E-state index is -3.72. The van der Waals surface area contributed by atoms with E-state index in [1.165, 1.54) is 31.2 Å². The molecule has 0 heterocycles. The highest BCUT2D eigenvalue weighted by molar-refractivity contribution is 7.89. The number of carbonyl (C=O) groups is 2. The number of nitrogens with two attached hydrogens (primary N) is 1. The molecule has 98 valence electrons. The third-order valence-corrected chi connectivity index (χ3v) is 3.67. The van der Waals surface area contributed by atoms with Crippen LogP contribution in [0.4, 0.5) is 0 Å². The van der Waals surface area contributed by atoms with Gasteiger partial charge < -0.3 is 5.73 Å². The maximum atomic E-state index is 11.8. The van der Waals surface area contributed by atoms with Crippen molar-refractivity contribution in [1.82, 2.24) is 4.72 Å². The van der Waals surface area contributed by atoms with Gasteiger partial charge >= 0.3 is 0 Å². The topological polar surface area (TPSA) is 106 Å². The minimum absolute atomic E-state index is 0.0142. The Bertz CT molecular complexity index is 566. The zero-order valence-electron chi connectivity index (χ0n) is 9.84. The van der Waals surface area contributed by atoms with Crippen LogP contribution in [-0.4, -0.2) is 26.7 Å². The van der Waals surface area contributed by atoms with Gasteiger partial charge in [-0.3, -0.25) is 9.59 Å². The lowest BCUT2D eigenvalue weighted by Gasteiger charge is -2.06. The van der Waals surface area contributed by atoms with E-state index in [4.69, 9.17) is 5.73 Å². The number of hydrogen-bond donors (Lipinski definition) is 2.